The normalized spacial score (nSPS) is 19.7. The van der Waals surface area contributed by atoms with E-state index in [1.54, 1.807) is 6.92 Å². The van der Waals surface area contributed by atoms with Gasteiger partial charge in [0.2, 0.25) is 5.76 Å². The van der Waals surface area contributed by atoms with Gasteiger partial charge in [-0.25, -0.2) is 4.79 Å². The first-order valence-corrected chi connectivity index (χ1v) is 7.68. The number of nitrogens with one attached hydrogen (secondary N) is 1. The topological polar surface area (TPSA) is 81.4 Å². The van der Waals surface area contributed by atoms with E-state index >= 15 is 0 Å². The summed E-state index contributed by atoms with van der Waals surface area (Å²) < 4.78 is 9.76. The van der Waals surface area contributed by atoms with Gasteiger partial charge in [-0.15, -0.1) is 0 Å². The number of hydrogen-bond acceptors (Lipinski definition) is 5. The van der Waals surface area contributed by atoms with Gasteiger partial charge < -0.3 is 14.6 Å². The van der Waals surface area contributed by atoms with E-state index in [9.17, 15) is 9.59 Å². The third kappa shape index (κ3) is 3.26. The number of esters is 1. The molecule has 1 N–H and O–H groups in total. The number of ether oxygens (including phenoxy) is 1. The van der Waals surface area contributed by atoms with Crippen molar-refractivity contribution >= 4 is 11.9 Å². The fourth-order valence-corrected chi connectivity index (χ4v) is 2.69. The second-order valence-electron chi connectivity index (χ2n) is 5.47. The lowest BCUT2D eigenvalue weighted by atomic mass is 9.75. The van der Waals surface area contributed by atoms with E-state index in [1.165, 1.54) is 11.6 Å². The van der Waals surface area contributed by atoms with Gasteiger partial charge in [0.05, 0.1) is 6.61 Å². The van der Waals surface area contributed by atoms with Crippen LogP contribution in [0, 0.1) is 0 Å². The van der Waals surface area contributed by atoms with Crippen molar-refractivity contribution in [3.05, 3.63) is 53.4 Å². The van der Waals surface area contributed by atoms with Crippen molar-refractivity contribution in [2.75, 3.05) is 6.61 Å². The standard InChI is InChI=1S/C17H18N2O4/c1-2-22-17(21)14-10-15(23-19-14)16(20)18-13-9-8-12(13)11-6-4-3-5-7-11/h3-7,10,12-13H,2,8-9H2,1H3,(H,18,20)/t12-,13-/m1/s1. The SMILES string of the molecule is CCOC(=O)c1cc(C(=O)N[C@@H]2CC[C@@H]2c2ccccc2)on1. The van der Waals surface area contributed by atoms with E-state index in [4.69, 9.17) is 9.26 Å². The van der Waals surface area contributed by atoms with Crippen molar-refractivity contribution in [2.24, 2.45) is 0 Å². The Bertz CT molecular complexity index is 696. The van der Waals surface area contributed by atoms with Crippen molar-refractivity contribution in [3.63, 3.8) is 0 Å². The zero-order valence-electron chi connectivity index (χ0n) is 12.8. The van der Waals surface area contributed by atoms with Gasteiger partial charge in [0, 0.05) is 18.0 Å². The third-order valence-electron chi connectivity index (χ3n) is 4.04. The molecule has 0 bridgehead atoms. The summed E-state index contributed by atoms with van der Waals surface area (Å²) in [7, 11) is 0. The molecule has 1 aliphatic rings. The molecule has 1 aromatic carbocycles. The number of carbonyl (C=O) groups is 2. The Morgan fingerprint density at radius 1 is 1.30 bits per heavy atom. The maximum absolute atomic E-state index is 12.2. The average molecular weight is 314 g/mol. The highest BCUT2D eigenvalue weighted by molar-refractivity contribution is 5.95. The largest absolute Gasteiger partial charge is 0.461 e. The number of carbonyl (C=O) groups excluding carboxylic acids is 2. The van der Waals surface area contributed by atoms with Gasteiger partial charge in [-0.2, -0.15) is 0 Å². The summed E-state index contributed by atoms with van der Waals surface area (Å²) in [5.41, 5.74) is 1.22. The molecule has 3 rings (SSSR count). The highest BCUT2D eigenvalue weighted by Gasteiger charge is 2.34. The number of aromatic nitrogens is 1. The summed E-state index contributed by atoms with van der Waals surface area (Å²) in [6, 6.07) is 11.5. The van der Waals surface area contributed by atoms with Crippen LogP contribution in [0.2, 0.25) is 0 Å². The van der Waals surface area contributed by atoms with Crippen LogP contribution < -0.4 is 5.32 Å². The highest BCUT2D eigenvalue weighted by Crippen LogP contribution is 2.36. The molecule has 0 saturated heterocycles. The Labute approximate surface area is 133 Å². The Morgan fingerprint density at radius 3 is 2.74 bits per heavy atom. The fourth-order valence-electron chi connectivity index (χ4n) is 2.69. The van der Waals surface area contributed by atoms with Crippen LogP contribution in [0.1, 0.15) is 52.3 Å². The first-order chi connectivity index (χ1) is 11.2. The van der Waals surface area contributed by atoms with Gasteiger partial charge in [0.1, 0.15) is 0 Å². The molecule has 6 nitrogen and oxygen atoms in total. The third-order valence-corrected chi connectivity index (χ3v) is 4.04. The Balaban J connectivity index is 1.62. The van der Waals surface area contributed by atoms with Crippen LogP contribution in [-0.2, 0) is 4.74 Å². The molecule has 1 amide bonds. The maximum Gasteiger partial charge on any atom is 0.360 e. The summed E-state index contributed by atoms with van der Waals surface area (Å²) in [6.07, 6.45) is 1.96. The predicted molar refractivity (Wildman–Crippen MR) is 82.1 cm³/mol. The van der Waals surface area contributed by atoms with E-state index in [0.29, 0.717) is 5.92 Å². The molecule has 1 saturated carbocycles. The fraction of sp³-hybridized carbons (Fsp3) is 0.353. The van der Waals surface area contributed by atoms with Crippen LogP contribution in [0.3, 0.4) is 0 Å². The molecular weight excluding hydrogens is 296 g/mol. The van der Waals surface area contributed by atoms with Crippen molar-refractivity contribution < 1.29 is 18.8 Å². The van der Waals surface area contributed by atoms with Gasteiger partial charge in [-0.3, -0.25) is 4.79 Å². The lowest BCUT2D eigenvalue weighted by molar-refractivity contribution is 0.0514. The molecule has 0 spiro atoms. The van der Waals surface area contributed by atoms with Crippen LogP contribution in [0.5, 0.6) is 0 Å². The monoisotopic (exact) mass is 314 g/mol. The number of rotatable bonds is 5. The van der Waals surface area contributed by atoms with Gasteiger partial charge in [0.25, 0.3) is 5.91 Å². The van der Waals surface area contributed by atoms with Crippen molar-refractivity contribution in [3.8, 4) is 0 Å². The minimum absolute atomic E-state index is 0.00483. The summed E-state index contributed by atoms with van der Waals surface area (Å²) in [6.45, 7) is 1.94. The highest BCUT2D eigenvalue weighted by atomic mass is 16.5. The van der Waals surface area contributed by atoms with Crippen molar-refractivity contribution in [1.82, 2.24) is 10.5 Å². The van der Waals surface area contributed by atoms with E-state index in [2.05, 4.69) is 22.6 Å². The summed E-state index contributed by atoms with van der Waals surface area (Å²) >= 11 is 0. The smallest absolute Gasteiger partial charge is 0.360 e. The molecule has 1 aromatic heterocycles. The first-order valence-electron chi connectivity index (χ1n) is 7.68. The van der Waals surface area contributed by atoms with Crippen LogP contribution in [-0.4, -0.2) is 29.7 Å². The number of hydrogen-bond donors (Lipinski definition) is 1. The average Bonchev–Trinajstić information content (AvgIpc) is 3.03. The quantitative estimate of drug-likeness (QED) is 0.858. The number of benzene rings is 1. The summed E-state index contributed by atoms with van der Waals surface area (Å²) in [5.74, 6) is -0.626. The van der Waals surface area contributed by atoms with E-state index in [1.807, 2.05) is 18.2 Å². The molecule has 120 valence electrons. The Hall–Kier alpha value is -2.63. The van der Waals surface area contributed by atoms with Crippen molar-refractivity contribution in [1.29, 1.82) is 0 Å². The molecule has 23 heavy (non-hydrogen) atoms. The second kappa shape index (κ2) is 6.64. The van der Waals surface area contributed by atoms with E-state index < -0.39 is 5.97 Å². The van der Waals surface area contributed by atoms with Gasteiger partial charge in [0.15, 0.2) is 5.69 Å². The lowest BCUT2D eigenvalue weighted by Gasteiger charge is -2.37. The summed E-state index contributed by atoms with van der Waals surface area (Å²) in [5, 5.41) is 6.51. The van der Waals surface area contributed by atoms with Crippen LogP contribution in [0.25, 0.3) is 0 Å². The molecular formula is C17H18N2O4. The second-order valence-corrected chi connectivity index (χ2v) is 5.47. The first kappa shape index (κ1) is 15.3. The van der Waals surface area contributed by atoms with Crippen molar-refractivity contribution in [2.45, 2.75) is 31.7 Å². The Kier molecular flexibility index (Phi) is 4.41. The molecule has 1 fully saturated rings. The molecule has 1 heterocycles. The lowest BCUT2D eigenvalue weighted by Crippen LogP contribution is -2.45. The maximum atomic E-state index is 12.2. The van der Waals surface area contributed by atoms with E-state index in [0.717, 1.165) is 12.8 Å². The minimum atomic E-state index is -0.596. The number of amides is 1. The van der Waals surface area contributed by atoms with Crippen LogP contribution in [0.15, 0.2) is 40.9 Å². The zero-order valence-corrected chi connectivity index (χ0v) is 12.8. The minimum Gasteiger partial charge on any atom is -0.461 e. The zero-order chi connectivity index (χ0) is 16.2. The van der Waals surface area contributed by atoms with Gasteiger partial charge >= 0.3 is 5.97 Å². The molecule has 0 radical (unpaired) electrons. The number of nitrogens with zero attached hydrogens (tertiary/aromatic N) is 1. The van der Waals surface area contributed by atoms with E-state index in [-0.39, 0.29) is 30.0 Å². The molecule has 1 aliphatic carbocycles. The van der Waals surface area contributed by atoms with Gasteiger partial charge in [-0.05, 0) is 25.3 Å². The summed E-state index contributed by atoms with van der Waals surface area (Å²) in [4.78, 5) is 23.8. The molecule has 2 atom stereocenters. The molecule has 6 heteroatoms. The predicted octanol–water partition coefficient (Wildman–Crippen LogP) is 2.53. The van der Waals surface area contributed by atoms with Gasteiger partial charge in [-0.1, -0.05) is 35.5 Å². The molecule has 0 aliphatic heterocycles. The van der Waals surface area contributed by atoms with Crippen LogP contribution >= 0.6 is 0 Å². The van der Waals surface area contributed by atoms with Crippen LogP contribution in [0.4, 0.5) is 0 Å². The molecule has 0 unspecified atom stereocenters. The Morgan fingerprint density at radius 2 is 2.09 bits per heavy atom. The molecule has 2 aromatic rings.